The number of nitrogens with one attached hydrogen (secondary N) is 1. The van der Waals surface area contributed by atoms with E-state index >= 15 is 0 Å². The molecule has 3 unspecified atom stereocenters. The second-order valence-electron chi connectivity index (χ2n) is 6.64. The van der Waals surface area contributed by atoms with Gasteiger partial charge in [-0.3, -0.25) is 0 Å². The van der Waals surface area contributed by atoms with E-state index < -0.39 is 0 Å². The van der Waals surface area contributed by atoms with Crippen molar-refractivity contribution >= 4 is 0 Å². The molecule has 0 amide bonds. The molecule has 0 spiro atoms. The van der Waals surface area contributed by atoms with Crippen molar-refractivity contribution in [1.29, 1.82) is 0 Å². The average Bonchev–Trinajstić information content (AvgIpc) is 2.15. The monoisotopic (exact) mass is 225 g/mol. The Morgan fingerprint density at radius 3 is 2.62 bits per heavy atom. The van der Waals surface area contributed by atoms with Gasteiger partial charge < -0.3 is 10.1 Å². The zero-order valence-electron chi connectivity index (χ0n) is 11.1. The van der Waals surface area contributed by atoms with Gasteiger partial charge in [-0.1, -0.05) is 20.8 Å². The lowest BCUT2D eigenvalue weighted by Gasteiger charge is -2.40. The van der Waals surface area contributed by atoms with Gasteiger partial charge in [0.15, 0.2) is 0 Å². The first-order valence-corrected chi connectivity index (χ1v) is 6.91. The molecule has 2 rings (SSSR count). The summed E-state index contributed by atoms with van der Waals surface area (Å²) in [6.07, 6.45) is 7.36. The number of rotatable bonds is 2. The Morgan fingerprint density at radius 2 is 2.00 bits per heavy atom. The van der Waals surface area contributed by atoms with Gasteiger partial charge in [0.05, 0.1) is 12.2 Å². The first-order chi connectivity index (χ1) is 7.55. The van der Waals surface area contributed by atoms with E-state index in [-0.39, 0.29) is 0 Å². The van der Waals surface area contributed by atoms with Gasteiger partial charge in [-0.15, -0.1) is 0 Å². The number of ether oxygens (including phenoxy) is 1. The van der Waals surface area contributed by atoms with Crippen molar-refractivity contribution in [2.45, 2.75) is 65.1 Å². The zero-order chi connectivity index (χ0) is 11.6. The van der Waals surface area contributed by atoms with Gasteiger partial charge in [0.2, 0.25) is 0 Å². The lowest BCUT2D eigenvalue weighted by molar-refractivity contribution is -0.0714. The highest BCUT2D eigenvalue weighted by Crippen LogP contribution is 2.40. The van der Waals surface area contributed by atoms with Crippen molar-refractivity contribution in [3.8, 4) is 0 Å². The molecule has 1 saturated carbocycles. The summed E-state index contributed by atoms with van der Waals surface area (Å²) in [6, 6.07) is 0. The molecule has 1 aliphatic carbocycles. The number of piperidine rings is 1. The highest BCUT2D eigenvalue weighted by Gasteiger charge is 2.33. The Morgan fingerprint density at radius 1 is 1.19 bits per heavy atom. The molecule has 1 saturated heterocycles. The SMILES string of the molecule is CC1CC(OC2CCCNC2)CC(C)(C)C1. The predicted molar refractivity (Wildman–Crippen MR) is 67.6 cm³/mol. The summed E-state index contributed by atoms with van der Waals surface area (Å²) in [5, 5.41) is 3.43. The van der Waals surface area contributed by atoms with E-state index in [1.54, 1.807) is 0 Å². The largest absolute Gasteiger partial charge is 0.374 e. The predicted octanol–water partition coefficient (Wildman–Crippen LogP) is 2.97. The fourth-order valence-electron chi connectivity index (χ4n) is 3.57. The molecule has 2 heteroatoms. The van der Waals surface area contributed by atoms with Gasteiger partial charge in [0.25, 0.3) is 0 Å². The molecule has 94 valence electrons. The molecule has 0 bridgehead atoms. The summed E-state index contributed by atoms with van der Waals surface area (Å²) >= 11 is 0. The highest BCUT2D eigenvalue weighted by molar-refractivity contribution is 4.84. The summed E-state index contributed by atoms with van der Waals surface area (Å²) in [5.74, 6) is 0.824. The minimum absolute atomic E-state index is 0.472. The smallest absolute Gasteiger partial charge is 0.0703 e. The maximum Gasteiger partial charge on any atom is 0.0703 e. The van der Waals surface area contributed by atoms with E-state index in [1.165, 1.54) is 38.6 Å². The van der Waals surface area contributed by atoms with Crippen molar-refractivity contribution in [2.75, 3.05) is 13.1 Å². The van der Waals surface area contributed by atoms with E-state index in [4.69, 9.17) is 4.74 Å². The van der Waals surface area contributed by atoms with Gasteiger partial charge in [0.1, 0.15) is 0 Å². The second kappa shape index (κ2) is 5.05. The van der Waals surface area contributed by atoms with Crippen LogP contribution in [0, 0.1) is 11.3 Å². The molecule has 0 radical (unpaired) electrons. The van der Waals surface area contributed by atoms with E-state index in [9.17, 15) is 0 Å². The van der Waals surface area contributed by atoms with Crippen molar-refractivity contribution in [3.63, 3.8) is 0 Å². The lowest BCUT2D eigenvalue weighted by Crippen LogP contribution is -2.41. The Kier molecular flexibility index (Phi) is 3.91. The van der Waals surface area contributed by atoms with Crippen LogP contribution < -0.4 is 5.32 Å². The molecule has 2 aliphatic rings. The first-order valence-electron chi connectivity index (χ1n) is 6.91. The summed E-state index contributed by atoms with van der Waals surface area (Å²) < 4.78 is 6.28. The van der Waals surface area contributed by atoms with Gasteiger partial charge >= 0.3 is 0 Å². The molecular weight excluding hydrogens is 198 g/mol. The summed E-state index contributed by atoms with van der Waals surface area (Å²) in [5.41, 5.74) is 0.477. The van der Waals surface area contributed by atoms with Crippen LogP contribution in [-0.2, 0) is 4.74 Å². The third-order valence-electron chi connectivity index (χ3n) is 3.98. The normalized spacial score (nSPS) is 39.6. The zero-order valence-corrected chi connectivity index (χ0v) is 11.1. The van der Waals surface area contributed by atoms with Crippen molar-refractivity contribution < 1.29 is 4.74 Å². The van der Waals surface area contributed by atoms with Crippen LogP contribution in [-0.4, -0.2) is 25.3 Å². The Labute approximate surface area is 100 Å². The summed E-state index contributed by atoms with van der Waals surface area (Å²) in [6.45, 7) is 9.38. The van der Waals surface area contributed by atoms with Crippen molar-refractivity contribution in [3.05, 3.63) is 0 Å². The molecule has 16 heavy (non-hydrogen) atoms. The van der Waals surface area contributed by atoms with E-state index in [1.807, 2.05) is 0 Å². The van der Waals surface area contributed by atoms with Gasteiger partial charge in [0, 0.05) is 6.54 Å². The van der Waals surface area contributed by atoms with Crippen LogP contribution in [0.1, 0.15) is 52.9 Å². The fourth-order valence-corrected chi connectivity index (χ4v) is 3.57. The highest BCUT2D eigenvalue weighted by atomic mass is 16.5. The maximum absolute atomic E-state index is 6.28. The molecule has 0 aromatic heterocycles. The Balaban J connectivity index is 1.84. The van der Waals surface area contributed by atoms with Crippen LogP contribution in [0.5, 0.6) is 0 Å². The standard InChI is InChI=1S/C14H27NO/c1-11-7-13(9-14(2,3)8-11)16-12-5-4-6-15-10-12/h11-13,15H,4-10H2,1-3H3. The molecule has 1 heterocycles. The van der Waals surface area contributed by atoms with Gasteiger partial charge in [-0.2, -0.15) is 0 Å². The maximum atomic E-state index is 6.28. The average molecular weight is 225 g/mol. The van der Waals surface area contributed by atoms with E-state index in [0.29, 0.717) is 17.6 Å². The first kappa shape index (κ1) is 12.4. The number of hydrogen-bond donors (Lipinski definition) is 1. The number of hydrogen-bond acceptors (Lipinski definition) is 2. The van der Waals surface area contributed by atoms with Gasteiger partial charge in [-0.05, 0) is 50.0 Å². The molecular formula is C14H27NO. The molecule has 2 fully saturated rings. The molecule has 1 aliphatic heterocycles. The molecule has 0 aromatic rings. The summed E-state index contributed by atoms with van der Waals surface area (Å²) in [4.78, 5) is 0. The molecule has 1 N–H and O–H groups in total. The van der Waals surface area contributed by atoms with Crippen molar-refractivity contribution in [2.24, 2.45) is 11.3 Å². The minimum atomic E-state index is 0.472. The summed E-state index contributed by atoms with van der Waals surface area (Å²) in [7, 11) is 0. The van der Waals surface area contributed by atoms with E-state index in [2.05, 4.69) is 26.1 Å². The van der Waals surface area contributed by atoms with Crippen LogP contribution >= 0.6 is 0 Å². The third-order valence-corrected chi connectivity index (χ3v) is 3.98. The fraction of sp³-hybridized carbons (Fsp3) is 1.00. The van der Waals surface area contributed by atoms with E-state index in [0.717, 1.165) is 12.5 Å². The molecule has 2 nitrogen and oxygen atoms in total. The molecule has 0 aromatic carbocycles. The van der Waals surface area contributed by atoms with Crippen LogP contribution in [0.25, 0.3) is 0 Å². The third kappa shape index (κ3) is 3.46. The van der Waals surface area contributed by atoms with Gasteiger partial charge in [-0.25, -0.2) is 0 Å². The van der Waals surface area contributed by atoms with Crippen LogP contribution in [0.15, 0.2) is 0 Å². The Hall–Kier alpha value is -0.0800. The topological polar surface area (TPSA) is 21.3 Å². The van der Waals surface area contributed by atoms with Crippen LogP contribution in [0.4, 0.5) is 0 Å². The molecule has 3 atom stereocenters. The second-order valence-corrected chi connectivity index (χ2v) is 6.64. The van der Waals surface area contributed by atoms with Crippen molar-refractivity contribution in [1.82, 2.24) is 5.32 Å². The van der Waals surface area contributed by atoms with Crippen LogP contribution in [0.2, 0.25) is 0 Å². The quantitative estimate of drug-likeness (QED) is 0.780. The van der Waals surface area contributed by atoms with Crippen LogP contribution in [0.3, 0.4) is 0 Å². The lowest BCUT2D eigenvalue weighted by atomic mass is 9.71. The minimum Gasteiger partial charge on any atom is -0.374 e. The Bertz CT molecular complexity index is 221.